The van der Waals surface area contributed by atoms with Crippen molar-refractivity contribution in [2.24, 2.45) is 0 Å². The molecule has 4 heteroatoms. The number of hydrogen-bond donors (Lipinski definition) is 2. The Balaban J connectivity index is 0.000000640. The minimum atomic E-state index is -0.720. The molecule has 0 spiro atoms. The first-order valence-electron chi connectivity index (χ1n) is 2.77. The Kier molecular flexibility index (Phi) is 3.95. The van der Waals surface area contributed by atoms with Crippen molar-refractivity contribution < 1.29 is 9.90 Å². The minimum Gasteiger partial charge on any atom is -0.480 e. The average Bonchev–Trinajstić information content (AvgIpc) is 2.12. The third kappa shape index (κ3) is 2.40. The van der Waals surface area contributed by atoms with Gasteiger partial charge in [0.2, 0.25) is 0 Å². The second kappa shape index (κ2) is 3.94. The van der Waals surface area contributed by atoms with Gasteiger partial charge in [-0.15, -0.1) is 0 Å². The molecule has 1 heterocycles. The average molecular weight is 122 g/mol. The zero-order chi connectivity index (χ0) is 5.98. The van der Waals surface area contributed by atoms with Crippen molar-refractivity contribution in [3.63, 3.8) is 0 Å². The van der Waals surface area contributed by atoms with Gasteiger partial charge < -0.3 is 10.4 Å². The molecule has 47 valence electrons. The molecule has 1 aliphatic rings. The Hall–Kier alpha value is 0.0274. The first kappa shape index (κ1) is 9.03. The van der Waals surface area contributed by atoms with Crippen LogP contribution >= 0.6 is 0 Å². The number of carboxylic acids is 1. The third-order valence-electron chi connectivity index (χ3n) is 1.36. The van der Waals surface area contributed by atoms with E-state index in [0.29, 0.717) is 0 Å². The van der Waals surface area contributed by atoms with Gasteiger partial charge in [0.15, 0.2) is 0 Å². The van der Waals surface area contributed by atoms with E-state index in [1.807, 2.05) is 0 Å². The van der Waals surface area contributed by atoms with Crippen LogP contribution < -0.4 is 5.32 Å². The second-order valence-corrected chi connectivity index (χ2v) is 1.99. The molecule has 0 bridgehead atoms. The molecule has 1 fully saturated rings. The van der Waals surface area contributed by atoms with Gasteiger partial charge in [-0.3, -0.25) is 4.79 Å². The Morgan fingerprint density at radius 1 is 1.67 bits per heavy atom. The van der Waals surface area contributed by atoms with E-state index in [1.54, 1.807) is 0 Å². The van der Waals surface area contributed by atoms with Crippen LogP contribution in [0.25, 0.3) is 0 Å². The van der Waals surface area contributed by atoms with Gasteiger partial charge in [-0.1, -0.05) is 0 Å². The van der Waals surface area contributed by atoms with E-state index >= 15 is 0 Å². The van der Waals surface area contributed by atoms with E-state index in [2.05, 4.69) is 5.32 Å². The summed E-state index contributed by atoms with van der Waals surface area (Å²) in [6.45, 7) is 0.858. The summed E-state index contributed by atoms with van der Waals surface area (Å²) >= 11 is 0. The molecule has 1 aliphatic heterocycles. The van der Waals surface area contributed by atoms with Crippen LogP contribution in [-0.2, 0) is 4.79 Å². The van der Waals surface area contributed by atoms with E-state index in [-0.39, 0.29) is 24.9 Å². The van der Waals surface area contributed by atoms with Crippen LogP contribution in [0, 0.1) is 0 Å². The van der Waals surface area contributed by atoms with Gasteiger partial charge in [0.25, 0.3) is 0 Å². The van der Waals surface area contributed by atoms with Crippen LogP contribution in [-0.4, -0.2) is 42.5 Å². The van der Waals surface area contributed by atoms with Crippen LogP contribution in [0.4, 0.5) is 0 Å². The molecule has 1 radical (unpaired) electrons. The molecule has 0 aliphatic carbocycles. The van der Waals surface area contributed by atoms with Crippen LogP contribution in [0.2, 0.25) is 0 Å². The topological polar surface area (TPSA) is 49.3 Å². The van der Waals surface area contributed by atoms with Crippen LogP contribution in [0.3, 0.4) is 0 Å². The van der Waals surface area contributed by atoms with Crippen molar-refractivity contribution in [3.8, 4) is 0 Å². The van der Waals surface area contributed by atoms with Gasteiger partial charge in [-0.25, -0.2) is 0 Å². The summed E-state index contributed by atoms with van der Waals surface area (Å²) in [5.74, 6) is -0.720. The Morgan fingerprint density at radius 3 is 2.56 bits per heavy atom. The molecule has 2 N–H and O–H groups in total. The smallest absolute Gasteiger partial charge is 0.320 e. The van der Waals surface area contributed by atoms with Gasteiger partial charge in [0, 0.05) is 18.9 Å². The Bertz CT molecular complexity index is 101. The first-order chi connectivity index (χ1) is 3.80. The van der Waals surface area contributed by atoms with Crippen molar-refractivity contribution in [2.45, 2.75) is 18.9 Å². The van der Waals surface area contributed by atoms with Gasteiger partial charge in [0.05, 0.1) is 0 Å². The van der Waals surface area contributed by atoms with Crippen molar-refractivity contribution in [2.75, 3.05) is 6.54 Å². The molecule has 1 rings (SSSR count). The predicted molar refractivity (Wildman–Crippen MR) is 34.4 cm³/mol. The molecule has 0 unspecified atom stereocenters. The Labute approximate surface area is 66.0 Å². The maximum atomic E-state index is 10.1. The number of rotatable bonds is 1. The number of aliphatic carboxylic acids is 1. The largest absolute Gasteiger partial charge is 0.480 e. The third-order valence-corrected chi connectivity index (χ3v) is 1.36. The number of carbonyl (C=O) groups is 1. The van der Waals surface area contributed by atoms with E-state index in [0.717, 1.165) is 19.4 Å². The van der Waals surface area contributed by atoms with Crippen LogP contribution in [0.15, 0.2) is 0 Å². The standard InChI is InChI=1S/C5H9NO2.Li/c7-5(8)4-2-1-3-6-4;/h4,6H,1-3H2,(H,7,8);/t4-;/m0./s1. The van der Waals surface area contributed by atoms with E-state index < -0.39 is 5.97 Å². The quantitative estimate of drug-likeness (QED) is 0.458. The summed E-state index contributed by atoms with van der Waals surface area (Å²) in [5.41, 5.74) is 0. The molecular formula is C5H9LiNO2. The van der Waals surface area contributed by atoms with Crippen molar-refractivity contribution >= 4 is 24.8 Å². The monoisotopic (exact) mass is 122 g/mol. The van der Waals surface area contributed by atoms with E-state index in [4.69, 9.17) is 5.11 Å². The van der Waals surface area contributed by atoms with Crippen LogP contribution in [0.1, 0.15) is 12.8 Å². The van der Waals surface area contributed by atoms with Gasteiger partial charge >= 0.3 is 5.97 Å². The summed E-state index contributed by atoms with van der Waals surface area (Å²) in [6, 6.07) is -0.269. The second-order valence-electron chi connectivity index (χ2n) is 1.99. The van der Waals surface area contributed by atoms with Crippen molar-refractivity contribution in [3.05, 3.63) is 0 Å². The van der Waals surface area contributed by atoms with Crippen molar-refractivity contribution in [1.82, 2.24) is 5.32 Å². The van der Waals surface area contributed by atoms with E-state index in [9.17, 15) is 4.79 Å². The van der Waals surface area contributed by atoms with Crippen molar-refractivity contribution in [1.29, 1.82) is 0 Å². The molecule has 3 nitrogen and oxygen atoms in total. The Morgan fingerprint density at radius 2 is 2.33 bits per heavy atom. The zero-order valence-electron chi connectivity index (χ0n) is 5.55. The maximum Gasteiger partial charge on any atom is 0.320 e. The molecule has 1 saturated heterocycles. The number of carboxylic acid groups (broad SMARTS) is 1. The number of nitrogens with one attached hydrogen (secondary N) is 1. The first-order valence-corrected chi connectivity index (χ1v) is 2.77. The molecule has 0 aromatic heterocycles. The predicted octanol–water partition coefficient (Wildman–Crippen LogP) is -0.558. The summed E-state index contributed by atoms with van der Waals surface area (Å²) in [7, 11) is 0. The zero-order valence-corrected chi connectivity index (χ0v) is 5.55. The SMILES string of the molecule is O=C(O)[C@@H]1CCCN1.[Li]. The fourth-order valence-electron chi connectivity index (χ4n) is 0.895. The van der Waals surface area contributed by atoms with Crippen LogP contribution in [0.5, 0.6) is 0 Å². The summed E-state index contributed by atoms with van der Waals surface area (Å²) < 4.78 is 0. The molecular weight excluding hydrogens is 113 g/mol. The summed E-state index contributed by atoms with van der Waals surface area (Å²) in [5, 5.41) is 11.2. The summed E-state index contributed by atoms with van der Waals surface area (Å²) in [6.07, 6.45) is 1.78. The molecule has 9 heavy (non-hydrogen) atoms. The fraction of sp³-hybridized carbons (Fsp3) is 0.800. The molecule has 0 aromatic rings. The maximum absolute atomic E-state index is 10.1. The number of hydrogen-bond acceptors (Lipinski definition) is 2. The molecule has 0 amide bonds. The molecule has 1 atom stereocenters. The molecule has 0 aromatic carbocycles. The molecule has 0 saturated carbocycles. The van der Waals surface area contributed by atoms with Gasteiger partial charge in [-0.2, -0.15) is 0 Å². The van der Waals surface area contributed by atoms with E-state index in [1.165, 1.54) is 0 Å². The van der Waals surface area contributed by atoms with Gasteiger partial charge in [0.1, 0.15) is 6.04 Å². The normalized spacial score (nSPS) is 25.1. The van der Waals surface area contributed by atoms with Gasteiger partial charge in [-0.05, 0) is 19.4 Å². The summed E-state index contributed by atoms with van der Waals surface area (Å²) in [4.78, 5) is 10.1. The minimum absolute atomic E-state index is 0. The fourth-order valence-corrected chi connectivity index (χ4v) is 0.895.